The second-order valence-corrected chi connectivity index (χ2v) is 8.53. The highest BCUT2D eigenvalue weighted by Crippen LogP contribution is 2.36. The lowest BCUT2D eigenvalue weighted by atomic mass is 10.0. The molecule has 8 heteroatoms. The Hall–Kier alpha value is -2.45. The fourth-order valence-corrected chi connectivity index (χ4v) is 5.18. The van der Waals surface area contributed by atoms with Gasteiger partial charge in [0.25, 0.3) is 5.56 Å². The summed E-state index contributed by atoms with van der Waals surface area (Å²) >= 11 is 2.95. The van der Waals surface area contributed by atoms with Crippen LogP contribution in [0.15, 0.2) is 44.8 Å². The number of benzene rings is 1. The van der Waals surface area contributed by atoms with Crippen LogP contribution in [0.3, 0.4) is 0 Å². The molecule has 0 saturated heterocycles. The zero-order chi connectivity index (χ0) is 19.8. The third-order valence-electron chi connectivity index (χ3n) is 4.43. The average Bonchev–Trinajstić information content (AvgIpc) is 3.23. The van der Waals surface area contributed by atoms with Crippen LogP contribution in [0.25, 0.3) is 21.3 Å². The highest BCUT2D eigenvalue weighted by Gasteiger charge is 2.20. The summed E-state index contributed by atoms with van der Waals surface area (Å²) in [6.07, 6.45) is 0. The van der Waals surface area contributed by atoms with Crippen LogP contribution in [-0.2, 0) is 12.3 Å². The molecule has 0 spiro atoms. The van der Waals surface area contributed by atoms with Gasteiger partial charge < -0.3 is 4.52 Å². The molecule has 144 valence electrons. The second-order valence-electron chi connectivity index (χ2n) is 6.38. The van der Waals surface area contributed by atoms with E-state index >= 15 is 0 Å². The molecule has 4 aromatic rings. The van der Waals surface area contributed by atoms with Gasteiger partial charge in [0, 0.05) is 28.8 Å². The molecular weight excluding hydrogens is 397 g/mol. The van der Waals surface area contributed by atoms with E-state index in [1.54, 1.807) is 16.7 Å². The summed E-state index contributed by atoms with van der Waals surface area (Å²) in [5.41, 5.74) is 2.40. The molecule has 0 aliphatic rings. The van der Waals surface area contributed by atoms with Crippen molar-refractivity contribution in [1.82, 2.24) is 14.7 Å². The first-order valence-corrected chi connectivity index (χ1v) is 10.6. The monoisotopic (exact) mass is 415 g/mol. The summed E-state index contributed by atoms with van der Waals surface area (Å²) < 4.78 is 20.1. The summed E-state index contributed by atoms with van der Waals surface area (Å²) in [5.74, 6) is 1.03. The van der Waals surface area contributed by atoms with Gasteiger partial charge in [0.15, 0.2) is 5.16 Å². The maximum Gasteiger partial charge on any atom is 0.263 e. The Morgan fingerprint density at radius 3 is 2.64 bits per heavy atom. The van der Waals surface area contributed by atoms with Crippen molar-refractivity contribution in [1.29, 1.82) is 0 Å². The van der Waals surface area contributed by atoms with Gasteiger partial charge >= 0.3 is 0 Å². The van der Waals surface area contributed by atoms with Gasteiger partial charge in [-0.3, -0.25) is 9.36 Å². The lowest BCUT2D eigenvalue weighted by Crippen LogP contribution is -2.22. The molecule has 3 aromatic heterocycles. The number of thioether (sulfide) groups is 1. The lowest BCUT2D eigenvalue weighted by Gasteiger charge is -2.10. The van der Waals surface area contributed by atoms with Crippen molar-refractivity contribution in [3.8, 4) is 11.1 Å². The zero-order valence-corrected chi connectivity index (χ0v) is 17.3. The molecular formula is C20H18FN3O2S2. The quantitative estimate of drug-likeness (QED) is 0.332. The van der Waals surface area contributed by atoms with Gasteiger partial charge in [0.1, 0.15) is 16.4 Å². The van der Waals surface area contributed by atoms with E-state index in [-0.39, 0.29) is 11.4 Å². The Morgan fingerprint density at radius 1 is 1.25 bits per heavy atom. The average molecular weight is 416 g/mol. The number of aromatic nitrogens is 3. The number of rotatable bonds is 5. The van der Waals surface area contributed by atoms with Crippen LogP contribution >= 0.6 is 23.1 Å². The minimum absolute atomic E-state index is 0.0741. The van der Waals surface area contributed by atoms with E-state index in [4.69, 9.17) is 9.51 Å². The van der Waals surface area contributed by atoms with E-state index in [0.717, 1.165) is 27.5 Å². The van der Waals surface area contributed by atoms with Crippen LogP contribution in [0.1, 0.15) is 23.3 Å². The van der Waals surface area contributed by atoms with Crippen LogP contribution in [0.4, 0.5) is 4.39 Å². The Morgan fingerprint density at radius 2 is 2.00 bits per heavy atom. The smallest absolute Gasteiger partial charge is 0.263 e. The zero-order valence-electron chi connectivity index (χ0n) is 15.7. The van der Waals surface area contributed by atoms with E-state index in [1.165, 1.54) is 35.2 Å². The van der Waals surface area contributed by atoms with Crippen molar-refractivity contribution in [2.24, 2.45) is 0 Å². The molecule has 5 nitrogen and oxygen atoms in total. The molecule has 0 N–H and O–H groups in total. The summed E-state index contributed by atoms with van der Waals surface area (Å²) in [7, 11) is 0. The van der Waals surface area contributed by atoms with Gasteiger partial charge in [-0.15, -0.1) is 11.3 Å². The predicted molar refractivity (Wildman–Crippen MR) is 110 cm³/mol. The molecule has 0 unspecified atom stereocenters. The molecule has 0 aliphatic heterocycles. The van der Waals surface area contributed by atoms with Crippen molar-refractivity contribution in [2.45, 2.75) is 38.2 Å². The molecule has 0 amide bonds. The van der Waals surface area contributed by atoms with Crippen molar-refractivity contribution in [2.75, 3.05) is 0 Å². The van der Waals surface area contributed by atoms with Gasteiger partial charge in [-0.05, 0) is 38.5 Å². The molecule has 0 aliphatic carbocycles. The van der Waals surface area contributed by atoms with Crippen molar-refractivity contribution >= 4 is 33.3 Å². The van der Waals surface area contributed by atoms with Crippen LogP contribution in [0.2, 0.25) is 0 Å². The van der Waals surface area contributed by atoms with Crippen LogP contribution in [0.5, 0.6) is 0 Å². The maximum atomic E-state index is 13.3. The minimum atomic E-state index is -0.299. The first-order chi connectivity index (χ1) is 13.5. The molecule has 4 rings (SSSR count). The van der Waals surface area contributed by atoms with E-state index in [1.807, 2.05) is 26.8 Å². The third kappa shape index (κ3) is 3.38. The molecule has 0 atom stereocenters. The summed E-state index contributed by atoms with van der Waals surface area (Å²) in [6, 6.07) is 8.11. The highest BCUT2D eigenvalue weighted by molar-refractivity contribution is 7.98. The molecule has 3 heterocycles. The number of fused-ring (bicyclic) bond motifs is 1. The van der Waals surface area contributed by atoms with Gasteiger partial charge in [0.2, 0.25) is 0 Å². The van der Waals surface area contributed by atoms with Crippen molar-refractivity contribution in [3.05, 3.63) is 62.8 Å². The Bertz CT molecular complexity index is 1210. The molecule has 0 fully saturated rings. The van der Waals surface area contributed by atoms with Gasteiger partial charge in [-0.1, -0.05) is 29.1 Å². The van der Waals surface area contributed by atoms with Crippen LogP contribution in [-0.4, -0.2) is 14.7 Å². The lowest BCUT2D eigenvalue weighted by molar-refractivity contribution is 0.393. The minimum Gasteiger partial charge on any atom is -0.361 e. The molecule has 0 bridgehead atoms. The van der Waals surface area contributed by atoms with E-state index in [0.29, 0.717) is 27.7 Å². The standard InChI is InChI=1S/C20H18FN3O2S2/c1-4-24-19(25)17-16(13-5-7-14(21)8-6-13)12(3)28-18(17)22-20(24)27-10-15-9-11(2)26-23-15/h5-9H,4,10H2,1-3H3. The molecule has 28 heavy (non-hydrogen) atoms. The number of thiophene rings is 1. The summed E-state index contributed by atoms with van der Waals surface area (Å²) in [5, 5.41) is 5.25. The molecule has 0 saturated carbocycles. The SMILES string of the molecule is CCn1c(SCc2cc(C)on2)nc2sc(C)c(-c3ccc(F)cc3)c2c1=O. The Labute approximate surface area is 169 Å². The number of hydrogen-bond donors (Lipinski definition) is 0. The van der Waals surface area contributed by atoms with E-state index in [2.05, 4.69) is 5.16 Å². The number of halogens is 1. The van der Waals surface area contributed by atoms with E-state index < -0.39 is 0 Å². The van der Waals surface area contributed by atoms with Crippen molar-refractivity contribution < 1.29 is 8.91 Å². The summed E-state index contributed by atoms with van der Waals surface area (Å²) in [4.78, 5) is 19.7. The Balaban J connectivity index is 1.82. The normalized spacial score (nSPS) is 11.4. The fourth-order valence-electron chi connectivity index (χ4n) is 3.15. The topological polar surface area (TPSA) is 60.9 Å². The van der Waals surface area contributed by atoms with Gasteiger partial charge in [-0.25, -0.2) is 9.37 Å². The summed E-state index contributed by atoms with van der Waals surface area (Å²) in [6.45, 7) is 6.25. The predicted octanol–water partition coefficient (Wildman–Crippen LogP) is 5.18. The van der Waals surface area contributed by atoms with Gasteiger partial charge in [0.05, 0.1) is 11.1 Å². The number of aryl methyl sites for hydroxylation is 2. The maximum absolute atomic E-state index is 13.3. The largest absolute Gasteiger partial charge is 0.361 e. The number of hydrogen-bond acceptors (Lipinski definition) is 6. The third-order valence-corrected chi connectivity index (χ3v) is 6.44. The van der Waals surface area contributed by atoms with Crippen LogP contribution in [0, 0.1) is 19.7 Å². The number of nitrogens with zero attached hydrogens (tertiary/aromatic N) is 3. The Kier molecular flexibility index (Phi) is 5.07. The van der Waals surface area contributed by atoms with Gasteiger partial charge in [-0.2, -0.15) is 0 Å². The van der Waals surface area contributed by atoms with Crippen LogP contribution < -0.4 is 5.56 Å². The fraction of sp³-hybridized carbons (Fsp3) is 0.250. The van der Waals surface area contributed by atoms with E-state index in [9.17, 15) is 9.18 Å². The molecule has 0 radical (unpaired) electrons. The van der Waals surface area contributed by atoms with Crippen molar-refractivity contribution in [3.63, 3.8) is 0 Å². The highest BCUT2D eigenvalue weighted by atomic mass is 32.2. The second kappa shape index (κ2) is 7.52. The molecule has 1 aromatic carbocycles. The first-order valence-electron chi connectivity index (χ1n) is 8.82. The first kappa shape index (κ1) is 18.9.